The highest BCUT2D eigenvalue weighted by Gasteiger charge is 2.06. The van der Waals surface area contributed by atoms with Crippen molar-refractivity contribution in [3.05, 3.63) is 34.0 Å². The Morgan fingerprint density at radius 1 is 1.36 bits per heavy atom. The van der Waals surface area contributed by atoms with Crippen LogP contribution in [0.15, 0.2) is 18.2 Å². The van der Waals surface area contributed by atoms with Gasteiger partial charge in [-0.3, -0.25) is 0 Å². The minimum Gasteiger partial charge on any atom is -0.207 e. The van der Waals surface area contributed by atoms with Crippen LogP contribution in [-0.2, 0) is 0 Å². The predicted molar refractivity (Wildman–Crippen MR) is 55.1 cm³/mol. The number of aryl methyl sites for hydroxylation is 1. The first-order valence-corrected chi connectivity index (χ1v) is 5.12. The highest BCUT2D eigenvalue weighted by molar-refractivity contribution is 7.18. The second kappa shape index (κ2) is 3.63. The smallest absolute Gasteiger partial charge is 0.207 e. The number of aromatic nitrogens is 2. The van der Waals surface area contributed by atoms with Crippen LogP contribution in [0.1, 0.15) is 5.56 Å². The Kier molecular flexibility index (Phi) is 2.48. The van der Waals surface area contributed by atoms with Crippen molar-refractivity contribution in [2.24, 2.45) is 0 Å². The Hall–Kier alpha value is -1.000. The highest BCUT2D eigenvalue weighted by Crippen LogP contribution is 2.27. The minimum atomic E-state index is -0.218. The van der Waals surface area contributed by atoms with Gasteiger partial charge >= 0.3 is 0 Å². The third kappa shape index (κ3) is 1.76. The molecule has 0 amide bonds. The van der Waals surface area contributed by atoms with E-state index < -0.39 is 0 Å². The minimum absolute atomic E-state index is 0.218. The summed E-state index contributed by atoms with van der Waals surface area (Å²) in [7, 11) is 0. The lowest BCUT2D eigenvalue weighted by molar-refractivity contribution is 0.619. The van der Waals surface area contributed by atoms with Crippen LogP contribution in [-0.4, -0.2) is 10.2 Å². The Labute approximate surface area is 89.4 Å². The predicted octanol–water partition coefficient (Wildman–Crippen LogP) is 3.31. The molecule has 0 saturated heterocycles. The molecule has 0 N–H and O–H groups in total. The molecule has 0 bridgehead atoms. The maximum absolute atomic E-state index is 13.0. The molecule has 0 radical (unpaired) electrons. The number of benzene rings is 1. The van der Waals surface area contributed by atoms with Crippen molar-refractivity contribution < 1.29 is 4.39 Å². The van der Waals surface area contributed by atoms with Crippen molar-refractivity contribution in [1.82, 2.24) is 10.2 Å². The summed E-state index contributed by atoms with van der Waals surface area (Å²) in [6, 6.07) is 4.81. The van der Waals surface area contributed by atoms with E-state index >= 15 is 0 Å². The summed E-state index contributed by atoms with van der Waals surface area (Å²) in [4.78, 5) is 0. The second-order valence-corrected chi connectivity index (χ2v) is 4.38. The van der Waals surface area contributed by atoms with Crippen LogP contribution in [0.5, 0.6) is 0 Å². The number of hydrogen-bond acceptors (Lipinski definition) is 3. The van der Waals surface area contributed by atoms with E-state index in [1.54, 1.807) is 19.1 Å². The van der Waals surface area contributed by atoms with Crippen molar-refractivity contribution in [1.29, 1.82) is 0 Å². The molecule has 0 aliphatic rings. The van der Waals surface area contributed by atoms with Crippen LogP contribution in [0.3, 0.4) is 0 Å². The third-order valence-electron chi connectivity index (χ3n) is 1.81. The summed E-state index contributed by atoms with van der Waals surface area (Å²) < 4.78 is 13.4. The standard InChI is InChI=1S/C9H6ClFN2S/c1-5-4-6(2-3-7(5)11)8-12-13-9(10)14-8/h2-4H,1H3. The SMILES string of the molecule is Cc1cc(-c2nnc(Cl)s2)ccc1F. The van der Waals surface area contributed by atoms with Gasteiger partial charge in [0.05, 0.1) is 0 Å². The van der Waals surface area contributed by atoms with Gasteiger partial charge in [0, 0.05) is 5.56 Å². The van der Waals surface area contributed by atoms with Crippen LogP contribution in [0.25, 0.3) is 10.6 Å². The number of rotatable bonds is 1. The van der Waals surface area contributed by atoms with Crippen LogP contribution >= 0.6 is 22.9 Å². The van der Waals surface area contributed by atoms with Crippen LogP contribution < -0.4 is 0 Å². The van der Waals surface area contributed by atoms with E-state index in [9.17, 15) is 4.39 Å². The highest BCUT2D eigenvalue weighted by atomic mass is 35.5. The molecule has 0 aliphatic carbocycles. The summed E-state index contributed by atoms with van der Waals surface area (Å²) >= 11 is 6.93. The zero-order chi connectivity index (χ0) is 10.1. The zero-order valence-electron chi connectivity index (χ0n) is 7.29. The van der Waals surface area contributed by atoms with Crippen molar-refractivity contribution in [2.75, 3.05) is 0 Å². The van der Waals surface area contributed by atoms with Gasteiger partial charge in [-0.1, -0.05) is 11.3 Å². The molecule has 14 heavy (non-hydrogen) atoms. The summed E-state index contributed by atoms with van der Waals surface area (Å²) in [5.41, 5.74) is 1.43. The average Bonchev–Trinajstić information content (AvgIpc) is 2.57. The van der Waals surface area contributed by atoms with Gasteiger partial charge in [-0.25, -0.2) is 4.39 Å². The number of nitrogens with zero attached hydrogens (tertiary/aromatic N) is 2. The van der Waals surface area contributed by atoms with Gasteiger partial charge in [0.2, 0.25) is 4.47 Å². The Balaban J connectivity index is 2.47. The first-order chi connectivity index (χ1) is 6.66. The fourth-order valence-corrected chi connectivity index (χ4v) is 1.92. The van der Waals surface area contributed by atoms with Crippen molar-refractivity contribution in [3.63, 3.8) is 0 Å². The van der Waals surface area contributed by atoms with Crippen LogP contribution in [0, 0.1) is 12.7 Å². The van der Waals surface area contributed by atoms with E-state index in [0.29, 0.717) is 15.0 Å². The second-order valence-electron chi connectivity index (χ2n) is 2.82. The maximum Gasteiger partial charge on any atom is 0.207 e. The van der Waals surface area contributed by atoms with Gasteiger partial charge in [0.25, 0.3) is 0 Å². The molecule has 2 rings (SSSR count). The molecule has 1 aromatic carbocycles. The van der Waals surface area contributed by atoms with Gasteiger partial charge in [-0.2, -0.15) is 0 Å². The molecule has 5 heteroatoms. The lowest BCUT2D eigenvalue weighted by Gasteiger charge is -1.98. The molecule has 0 aliphatic heterocycles. The summed E-state index contributed by atoms with van der Waals surface area (Å²) in [5.74, 6) is -0.218. The Bertz CT molecular complexity index is 470. The van der Waals surface area contributed by atoms with E-state index in [2.05, 4.69) is 10.2 Å². The van der Waals surface area contributed by atoms with E-state index in [-0.39, 0.29) is 5.82 Å². The Morgan fingerprint density at radius 3 is 2.71 bits per heavy atom. The summed E-state index contributed by atoms with van der Waals surface area (Å²) in [5, 5.41) is 8.26. The fraction of sp³-hybridized carbons (Fsp3) is 0.111. The monoisotopic (exact) mass is 228 g/mol. The van der Waals surface area contributed by atoms with Crippen LogP contribution in [0.4, 0.5) is 4.39 Å². The summed E-state index contributed by atoms with van der Waals surface area (Å²) in [6.45, 7) is 1.71. The van der Waals surface area contributed by atoms with E-state index in [4.69, 9.17) is 11.6 Å². The van der Waals surface area contributed by atoms with Gasteiger partial charge in [-0.05, 0) is 42.3 Å². The normalized spacial score (nSPS) is 10.5. The maximum atomic E-state index is 13.0. The topological polar surface area (TPSA) is 25.8 Å². The number of halogens is 2. The van der Waals surface area contributed by atoms with E-state index in [0.717, 1.165) is 5.56 Å². The van der Waals surface area contributed by atoms with Crippen molar-refractivity contribution in [2.45, 2.75) is 6.92 Å². The van der Waals surface area contributed by atoms with Crippen molar-refractivity contribution >= 4 is 22.9 Å². The zero-order valence-corrected chi connectivity index (χ0v) is 8.86. The van der Waals surface area contributed by atoms with Gasteiger partial charge < -0.3 is 0 Å². The van der Waals surface area contributed by atoms with E-state index in [1.165, 1.54) is 17.4 Å². The van der Waals surface area contributed by atoms with Gasteiger partial charge in [-0.15, -0.1) is 10.2 Å². The first-order valence-electron chi connectivity index (χ1n) is 3.92. The molecule has 2 aromatic rings. The molecule has 2 nitrogen and oxygen atoms in total. The molecular weight excluding hydrogens is 223 g/mol. The third-order valence-corrected chi connectivity index (χ3v) is 2.87. The van der Waals surface area contributed by atoms with Crippen molar-refractivity contribution in [3.8, 4) is 10.6 Å². The molecule has 0 unspecified atom stereocenters. The molecule has 1 heterocycles. The van der Waals surface area contributed by atoms with Gasteiger partial charge in [0.15, 0.2) is 0 Å². The lowest BCUT2D eigenvalue weighted by Crippen LogP contribution is -1.83. The molecular formula is C9H6ClFN2S. The molecule has 0 saturated carbocycles. The number of hydrogen-bond donors (Lipinski definition) is 0. The molecule has 72 valence electrons. The summed E-state index contributed by atoms with van der Waals surface area (Å²) in [6.07, 6.45) is 0. The molecule has 0 fully saturated rings. The first kappa shape index (κ1) is 9.55. The van der Waals surface area contributed by atoms with Gasteiger partial charge in [0.1, 0.15) is 10.8 Å². The fourth-order valence-electron chi connectivity index (χ4n) is 1.10. The lowest BCUT2D eigenvalue weighted by atomic mass is 10.1. The molecule has 1 aromatic heterocycles. The average molecular weight is 229 g/mol. The van der Waals surface area contributed by atoms with E-state index in [1.807, 2.05) is 0 Å². The molecule has 0 atom stereocenters. The Morgan fingerprint density at radius 2 is 2.14 bits per heavy atom. The molecule has 0 spiro atoms. The van der Waals surface area contributed by atoms with Crippen LogP contribution in [0.2, 0.25) is 4.47 Å². The quantitative estimate of drug-likeness (QED) is 0.749. The largest absolute Gasteiger partial charge is 0.207 e.